The highest BCUT2D eigenvalue weighted by molar-refractivity contribution is 6.32. The molecule has 5 nitrogen and oxygen atoms in total. The van der Waals surface area contributed by atoms with Crippen LogP contribution in [-0.4, -0.2) is 49.9 Å². The van der Waals surface area contributed by atoms with E-state index in [9.17, 15) is 4.79 Å². The van der Waals surface area contributed by atoms with Gasteiger partial charge in [0.05, 0.1) is 17.7 Å². The molecule has 23 heavy (non-hydrogen) atoms. The number of methoxy groups -OCH3 is 1. The van der Waals surface area contributed by atoms with Gasteiger partial charge in [0.2, 0.25) is 0 Å². The summed E-state index contributed by atoms with van der Waals surface area (Å²) in [5.74, 6) is 0.649. The van der Waals surface area contributed by atoms with Crippen LogP contribution in [0.15, 0.2) is 24.3 Å². The Balaban J connectivity index is 1.79. The molecular weight excluding hydrogens is 316 g/mol. The zero-order chi connectivity index (χ0) is 16.7. The number of hydrogen-bond acceptors (Lipinski definition) is 3. The molecular formula is C17H25ClN2O3. The molecule has 1 atom stereocenters. The van der Waals surface area contributed by atoms with Crippen molar-refractivity contribution in [2.45, 2.75) is 38.4 Å². The van der Waals surface area contributed by atoms with Gasteiger partial charge in [-0.3, -0.25) is 0 Å². The minimum Gasteiger partial charge on any atom is -0.487 e. The van der Waals surface area contributed by atoms with Crippen LogP contribution in [-0.2, 0) is 4.74 Å². The van der Waals surface area contributed by atoms with E-state index in [-0.39, 0.29) is 18.2 Å². The van der Waals surface area contributed by atoms with Crippen LogP contribution >= 0.6 is 11.6 Å². The van der Waals surface area contributed by atoms with Crippen molar-refractivity contribution in [3.8, 4) is 5.75 Å². The lowest BCUT2D eigenvalue weighted by Gasteiger charge is -2.31. The number of nitrogens with zero attached hydrogens (tertiary/aromatic N) is 1. The lowest BCUT2D eigenvalue weighted by Crippen LogP contribution is -2.48. The fraction of sp³-hybridized carbons (Fsp3) is 0.588. The first-order valence-corrected chi connectivity index (χ1v) is 8.48. The van der Waals surface area contributed by atoms with E-state index in [0.29, 0.717) is 17.3 Å². The molecule has 0 unspecified atom stereocenters. The Bertz CT molecular complexity index is 504. The van der Waals surface area contributed by atoms with E-state index in [1.807, 2.05) is 30.0 Å². The van der Waals surface area contributed by atoms with Gasteiger partial charge in [-0.15, -0.1) is 0 Å². The molecule has 1 aromatic carbocycles. The molecule has 1 fully saturated rings. The van der Waals surface area contributed by atoms with Crippen LogP contribution in [0.5, 0.6) is 5.75 Å². The molecule has 1 saturated heterocycles. The zero-order valence-electron chi connectivity index (χ0n) is 13.8. The number of ether oxygens (including phenoxy) is 2. The minimum absolute atomic E-state index is 0.0410. The lowest BCUT2D eigenvalue weighted by atomic mass is 10.1. The van der Waals surface area contributed by atoms with Crippen LogP contribution in [0.4, 0.5) is 4.79 Å². The summed E-state index contributed by atoms with van der Waals surface area (Å²) in [6.45, 7) is 3.95. The second-order valence-corrected chi connectivity index (χ2v) is 6.09. The monoisotopic (exact) mass is 340 g/mol. The number of rotatable bonds is 6. The number of amides is 2. The Kier molecular flexibility index (Phi) is 6.99. The Morgan fingerprint density at radius 1 is 1.39 bits per heavy atom. The number of halogens is 1. The SMILES string of the molecule is CC[C@@H](CNC(=O)N1CCC(OC)CC1)Oc1ccccc1Cl. The number of para-hydroxylation sites is 1. The van der Waals surface area contributed by atoms with Gasteiger partial charge >= 0.3 is 6.03 Å². The van der Waals surface area contributed by atoms with E-state index in [4.69, 9.17) is 21.1 Å². The van der Waals surface area contributed by atoms with E-state index in [1.54, 1.807) is 13.2 Å². The largest absolute Gasteiger partial charge is 0.487 e. The van der Waals surface area contributed by atoms with Crippen LogP contribution < -0.4 is 10.1 Å². The van der Waals surface area contributed by atoms with Crippen LogP contribution in [0.25, 0.3) is 0 Å². The fourth-order valence-corrected chi connectivity index (χ4v) is 2.78. The number of benzene rings is 1. The van der Waals surface area contributed by atoms with Crippen molar-refractivity contribution in [2.24, 2.45) is 0 Å². The lowest BCUT2D eigenvalue weighted by molar-refractivity contribution is 0.0499. The quantitative estimate of drug-likeness (QED) is 0.864. The molecule has 0 aliphatic carbocycles. The molecule has 1 aliphatic rings. The average molecular weight is 341 g/mol. The van der Waals surface area contributed by atoms with Crippen LogP contribution in [0, 0.1) is 0 Å². The normalized spacial score (nSPS) is 16.9. The summed E-state index contributed by atoms with van der Waals surface area (Å²) in [5, 5.41) is 3.54. The van der Waals surface area contributed by atoms with E-state index in [2.05, 4.69) is 5.32 Å². The molecule has 6 heteroatoms. The van der Waals surface area contributed by atoms with E-state index >= 15 is 0 Å². The smallest absolute Gasteiger partial charge is 0.317 e. The van der Waals surface area contributed by atoms with E-state index in [0.717, 1.165) is 32.4 Å². The first-order chi connectivity index (χ1) is 11.1. The molecule has 1 N–H and O–H groups in total. The highest BCUT2D eigenvalue weighted by Gasteiger charge is 2.23. The van der Waals surface area contributed by atoms with Gasteiger partial charge in [-0.2, -0.15) is 0 Å². The summed E-state index contributed by atoms with van der Waals surface area (Å²) in [4.78, 5) is 14.1. The Morgan fingerprint density at radius 3 is 2.70 bits per heavy atom. The minimum atomic E-state index is -0.102. The maximum Gasteiger partial charge on any atom is 0.317 e. The number of hydrogen-bond donors (Lipinski definition) is 1. The first kappa shape index (κ1) is 17.9. The Hall–Kier alpha value is -1.46. The molecule has 0 bridgehead atoms. The highest BCUT2D eigenvalue weighted by Crippen LogP contribution is 2.24. The second-order valence-electron chi connectivity index (χ2n) is 5.69. The number of nitrogens with one attached hydrogen (secondary N) is 1. The molecule has 2 amide bonds. The number of urea groups is 1. The van der Waals surface area contributed by atoms with Crippen molar-refractivity contribution < 1.29 is 14.3 Å². The van der Waals surface area contributed by atoms with E-state index < -0.39 is 0 Å². The molecule has 0 spiro atoms. The summed E-state index contributed by atoms with van der Waals surface area (Å²) in [7, 11) is 1.72. The van der Waals surface area contributed by atoms with Crippen LogP contribution in [0.3, 0.4) is 0 Å². The molecule has 128 valence electrons. The van der Waals surface area contributed by atoms with Crippen molar-refractivity contribution >= 4 is 17.6 Å². The van der Waals surface area contributed by atoms with E-state index in [1.165, 1.54) is 0 Å². The molecule has 1 aromatic rings. The van der Waals surface area contributed by atoms with Gasteiger partial charge in [0, 0.05) is 20.2 Å². The summed E-state index contributed by atoms with van der Waals surface area (Å²) in [6, 6.07) is 7.33. The van der Waals surface area contributed by atoms with Gasteiger partial charge in [-0.25, -0.2) is 4.79 Å². The zero-order valence-corrected chi connectivity index (χ0v) is 14.5. The molecule has 2 rings (SSSR count). The second kappa shape index (κ2) is 8.99. The Labute approximate surface area is 142 Å². The molecule has 0 aromatic heterocycles. The Morgan fingerprint density at radius 2 is 2.09 bits per heavy atom. The van der Waals surface area contributed by atoms with Crippen molar-refractivity contribution in [3.05, 3.63) is 29.3 Å². The summed E-state index contributed by atoms with van der Waals surface area (Å²) in [6.07, 6.45) is 2.73. The van der Waals surface area contributed by atoms with Crippen molar-refractivity contribution in [1.82, 2.24) is 10.2 Å². The van der Waals surface area contributed by atoms with Gasteiger partial charge in [0.15, 0.2) is 0 Å². The van der Waals surface area contributed by atoms with Crippen molar-refractivity contribution in [3.63, 3.8) is 0 Å². The third kappa shape index (κ3) is 5.29. The number of likely N-dealkylation sites (tertiary alicyclic amines) is 1. The fourth-order valence-electron chi connectivity index (χ4n) is 2.60. The third-order valence-electron chi connectivity index (χ3n) is 4.13. The maximum atomic E-state index is 12.2. The third-order valence-corrected chi connectivity index (χ3v) is 4.44. The summed E-state index contributed by atoms with van der Waals surface area (Å²) < 4.78 is 11.2. The molecule has 0 radical (unpaired) electrons. The van der Waals surface area contributed by atoms with Gasteiger partial charge in [0.1, 0.15) is 11.9 Å². The van der Waals surface area contributed by atoms with Crippen LogP contribution in [0.1, 0.15) is 26.2 Å². The number of piperidine rings is 1. The average Bonchev–Trinajstić information content (AvgIpc) is 2.60. The highest BCUT2D eigenvalue weighted by atomic mass is 35.5. The van der Waals surface area contributed by atoms with Gasteiger partial charge < -0.3 is 19.7 Å². The molecule has 1 aliphatic heterocycles. The van der Waals surface area contributed by atoms with Gasteiger partial charge in [0.25, 0.3) is 0 Å². The van der Waals surface area contributed by atoms with Crippen LogP contribution in [0.2, 0.25) is 5.02 Å². The number of carbonyl (C=O) groups is 1. The summed E-state index contributed by atoms with van der Waals surface area (Å²) in [5.41, 5.74) is 0. The molecule has 0 saturated carbocycles. The topological polar surface area (TPSA) is 50.8 Å². The molecule has 1 heterocycles. The van der Waals surface area contributed by atoms with Gasteiger partial charge in [-0.1, -0.05) is 30.7 Å². The maximum absolute atomic E-state index is 12.2. The van der Waals surface area contributed by atoms with Gasteiger partial charge in [-0.05, 0) is 31.4 Å². The first-order valence-electron chi connectivity index (χ1n) is 8.10. The van der Waals surface area contributed by atoms with Crippen molar-refractivity contribution in [1.29, 1.82) is 0 Å². The standard InChI is InChI=1S/C17H25ClN2O3/c1-3-13(23-16-7-5-4-6-15(16)18)12-19-17(21)20-10-8-14(22-2)9-11-20/h4-7,13-14H,3,8-12H2,1-2H3,(H,19,21)/t13-/m0/s1. The number of carbonyl (C=O) groups excluding carboxylic acids is 1. The van der Waals surface area contributed by atoms with Crippen molar-refractivity contribution in [2.75, 3.05) is 26.7 Å². The predicted octanol–water partition coefficient (Wildman–Crippen LogP) is 3.32. The summed E-state index contributed by atoms with van der Waals surface area (Å²) >= 11 is 6.10. The predicted molar refractivity (Wildman–Crippen MR) is 91.2 cm³/mol.